The molecule has 16 heavy (non-hydrogen) atoms. The predicted octanol–water partition coefficient (Wildman–Crippen LogP) is 1.25. The molecule has 1 unspecified atom stereocenters. The van der Waals surface area contributed by atoms with Gasteiger partial charge in [-0.25, -0.2) is 4.98 Å². The van der Waals surface area contributed by atoms with Gasteiger partial charge in [0.25, 0.3) is 0 Å². The Hall–Kier alpha value is -1.13. The fourth-order valence-corrected chi connectivity index (χ4v) is 1.64. The third-order valence-corrected chi connectivity index (χ3v) is 2.46. The normalized spacial score (nSPS) is 13.1. The summed E-state index contributed by atoms with van der Waals surface area (Å²) in [5.41, 5.74) is 7.47. The first-order chi connectivity index (χ1) is 7.52. The van der Waals surface area contributed by atoms with Gasteiger partial charge in [-0.05, 0) is 31.0 Å². The number of aliphatic hydroxyl groups excluding tert-OH is 1. The van der Waals surface area contributed by atoms with Gasteiger partial charge in [0.2, 0.25) is 0 Å². The Morgan fingerprint density at radius 3 is 2.69 bits per heavy atom. The first-order valence-electron chi connectivity index (χ1n) is 5.62. The number of aromatic nitrogens is 1. The van der Waals surface area contributed by atoms with Crippen LogP contribution in [0.15, 0.2) is 12.3 Å². The second-order valence-electron chi connectivity index (χ2n) is 4.49. The number of nitrogens with two attached hydrogens (primary N) is 1. The minimum Gasteiger partial charge on any atom is -0.387 e. The van der Waals surface area contributed by atoms with Crippen molar-refractivity contribution in [3.63, 3.8) is 0 Å². The zero-order valence-electron chi connectivity index (χ0n) is 10.2. The molecule has 1 aromatic heterocycles. The molecule has 0 bridgehead atoms. The molecule has 4 nitrogen and oxygen atoms in total. The Labute approximate surface area is 96.9 Å². The van der Waals surface area contributed by atoms with Crippen molar-refractivity contribution < 1.29 is 5.11 Å². The molecule has 0 amide bonds. The summed E-state index contributed by atoms with van der Waals surface area (Å²) in [4.78, 5) is 3.99. The minimum absolute atomic E-state index is 0.416. The van der Waals surface area contributed by atoms with Crippen molar-refractivity contribution >= 4 is 5.82 Å². The third-order valence-electron chi connectivity index (χ3n) is 2.46. The maximum atomic E-state index is 10.0. The summed E-state index contributed by atoms with van der Waals surface area (Å²) in [5.74, 6) is 0.985. The van der Waals surface area contributed by atoms with E-state index in [1.54, 1.807) is 6.20 Å². The molecule has 90 valence electrons. The molecule has 1 rings (SSSR count). The minimum atomic E-state index is -0.590. The Kier molecular flexibility index (Phi) is 4.71. The van der Waals surface area contributed by atoms with Crippen LogP contribution in [0.1, 0.15) is 31.1 Å². The van der Waals surface area contributed by atoms with E-state index in [2.05, 4.69) is 24.1 Å². The molecule has 0 saturated heterocycles. The topological polar surface area (TPSA) is 71.2 Å². The zero-order chi connectivity index (χ0) is 12.1. The fourth-order valence-electron chi connectivity index (χ4n) is 1.64. The highest BCUT2D eigenvalue weighted by atomic mass is 16.3. The molecule has 4 heteroatoms. The fraction of sp³-hybridized carbons (Fsp3) is 0.583. The molecule has 1 heterocycles. The van der Waals surface area contributed by atoms with Crippen LogP contribution in [0.5, 0.6) is 0 Å². The third kappa shape index (κ3) is 3.47. The average molecular weight is 223 g/mol. The number of nitrogen functional groups attached to an aromatic ring is 1. The summed E-state index contributed by atoms with van der Waals surface area (Å²) < 4.78 is 0. The number of hydrogen-bond donors (Lipinski definition) is 3. The Bertz CT molecular complexity index is 319. The van der Waals surface area contributed by atoms with Crippen molar-refractivity contribution in [1.29, 1.82) is 0 Å². The van der Waals surface area contributed by atoms with Gasteiger partial charge in [-0.3, -0.25) is 0 Å². The zero-order valence-corrected chi connectivity index (χ0v) is 10.2. The molecule has 0 radical (unpaired) electrons. The standard InChI is InChI=1S/C12H21N3O/c1-8(2)6-14-7-10(16)11-9(3)4-5-15-12(11)13/h4-5,8,10,14,16H,6-7H2,1-3H3,(H2,13,15). The van der Waals surface area contributed by atoms with Gasteiger partial charge < -0.3 is 16.2 Å². The number of anilines is 1. The highest BCUT2D eigenvalue weighted by molar-refractivity contribution is 5.45. The summed E-state index contributed by atoms with van der Waals surface area (Å²) in [6.07, 6.45) is 1.06. The first kappa shape index (κ1) is 12.9. The van der Waals surface area contributed by atoms with E-state index in [0.29, 0.717) is 18.3 Å². The lowest BCUT2D eigenvalue weighted by atomic mass is 10.0. The summed E-state index contributed by atoms with van der Waals surface area (Å²) in [6.45, 7) is 7.58. The number of rotatable bonds is 5. The smallest absolute Gasteiger partial charge is 0.129 e. The Balaban J connectivity index is 2.62. The van der Waals surface area contributed by atoms with Crippen molar-refractivity contribution in [2.24, 2.45) is 5.92 Å². The van der Waals surface area contributed by atoms with Crippen LogP contribution in [0.25, 0.3) is 0 Å². The number of aliphatic hydroxyl groups is 1. The number of pyridine rings is 1. The summed E-state index contributed by atoms with van der Waals surface area (Å²) in [7, 11) is 0. The van der Waals surface area contributed by atoms with Gasteiger partial charge in [-0.2, -0.15) is 0 Å². The molecule has 0 aliphatic carbocycles. The van der Waals surface area contributed by atoms with Crippen LogP contribution in [0.3, 0.4) is 0 Å². The molecule has 0 fully saturated rings. The number of hydrogen-bond acceptors (Lipinski definition) is 4. The van der Waals surface area contributed by atoms with E-state index < -0.39 is 6.10 Å². The number of nitrogens with zero attached hydrogens (tertiary/aromatic N) is 1. The van der Waals surface area contributed by atoms with Crippen LogP contribution >= 0.6 is 0 Å². The van der Waals surface area contributed by atoms with E-state index in [4.69, 9.17) is 5.73 Å². The molecule has 0 aliphatic rings. The molecular weight excluding hydrogens is 202 g/mol. The molecular formula is C12H21N3O. The van der Waals surface area contributed by atoms with Crippen molar-refractivity contribution in [3.05, 3.63) is 23.4 Å². The van der Waals surface area contributed by atoms with Crippen LogP contribution in [0.2, 0.25) is 0 Å². The van der Waals surface area contributed by atoms with Gasteiger partial charge in [0.15, 0.2) is 0 Å². The second-order valence-corrected chi connectivity index (χ2v) is 4.49. The van der Waals surface area contributed by atoms with E-state index >= 15 is 0 Å². The molecule has 0 aliphatic heterocycles. The van der Waals surface area contributed by atoms with Crippen molar-refractivity contribution in [1.82, 2.24) is 10.3 Å². The highest BCUT2D eigenvalue weighted by Crippen LogP contribution is 2.21. The van der Waals surface area contributed by atoms with Gasteiger partial charge in [0.1, 0.15) is 5.82 Å². The predicted molar refractivity (Wildman–Crippen MR) is 66.1 cm³/mol. The lowest BCUT2D eigenvalue weighted by Crippen LogP contribution is -2.26. The number of aryl methyl sites for hydroxylation is 1. The molecule has 1 atom stereocenters. The second kappa shape index (κ2) is 5.82. The molecule has 0 spiro atoms. The maximum absolute atomic E-state index is 10.0. The summed E-state index contributed by atoms with van der Waals surface area (Å²) in [6, 6.07) is 1.86. The molecule has 1 aromatic rings. The van der Waals surface area contributed by atoms with Crippen LogP contribution in [-0.2, 0) is 0 Å². The van der Waals surface area contributed by atoms with Crippen LogP contribution < -0.4 is 11.1 Å². The van der Waals surface area contributed by atoms with Crippen LogP contribution in [0, 0.1) is 12.8 Å². The SMILES string of the molecule is Cc1ccnc(N)c1C(O)CNCC(C)C. The van der Waals surface area contributed by atoms with Crippen LogP contribution in [-0.4, -0.2) is 23.2 Å². The quantitative estimate of drug-likeness (QED) is 0.702. The number of nitrogens with one attached hydrogen (secondary N) is 1. The average Bonchev–Trinajstić information content (AvgIpc) is 2.16. The van der Waals surface area contributed by atoms with E-state index in [1.165, 1.54) is 0 Å². The lowest BCUT2D eigenvalue weighted by Gasteiger charge is -2.16. The van der Waals surface area contributed by atoms with Gasteiger partial charge >= 0.3 is 0 Å². The van der Waals surface area contributed by atoms with Gasteiger partial charge in [-0.15, -0.1) is 0 Å². The van der Waals surface area contributed by atoms with Crippen LogP contribution in [0.4, 0.5) is 5.82 Å². The van der Waals surface area contributed by atoms with E-state index in [-0.39, 0.29) is 0 Å². The van der Waals surface area contributed by atoms with E-state index in [1.807, 2.05) is 13.0 Å². The van der Waals surface area contributed by atoms with Crippen molar-refractivity contribution in [2.45, 2.75) is 26.9 Å². The summed E-state index contributed by atoms with van der Waals surface area (Å²) >= 11 is 0. The molecule has 0 aromatic carbocycles. The van der Waals surface area contributed by atoms with E-state index in [9.17, 15) is 5.11 Å². The van der Waals surface area contributed by atoms with Crippen molar-refractivity contribution in [2.75, 3.05) is 18.8 Å². The maximum Gasteiger partial charge on any atom is 0.129 e. The Morgan fingerprint density at radius 1 is 1.44 bits per heavy atom. The highest BCUT2D eigenvalue weighted by Gasteiger charge is 2.14. The molecule has 0 saturated carbocycles. The van der Waals surface area contributed by atoms with E-state index in [0.717, 1.165) is 17.7 Å². The Morgan fingerprint density at radius 2 is 2.12 bits per heavy atom. The lowest BCUT2D eigenvalue weighted by molar-refractivity contribution is 0.173. The monoisotopic (exact) mass is 223 g/mol. The largest absolute Gasteiger partial charge is 0.387 e. The molecule has 4 N–H and O–H groups in total. The van der Waals surface area contributed by atoms with Gasteiger partial charge in [-0.1, -0.05) is 13.8 Å². The van der Waals surface area contributed by atoms with Gasteiger partial charge in [0.05, 0.1) is 6.10 Å². The first-order valence-corrected chi connectivity index (χ1v) is 5.62. The van der Waals surface area contributed by atoms with Crippen molar-refractivity contribution in [3.8, 4) is 0 Å². The summed E-state index contributed by atoms with van der Waals surface area (Å²) in [5, 5.41) is 13.2. The van der Waals surface area contributed by atoms with Gasteiger partial charge in [0, 0.05) is 18.3 Å².